The lowest BCUT2D eigenvalue weighted by molar-refractivity contribution is 0.0210. The van der Waals surface area contributed by atoms with Gasteiger partial charge in [0.15, 0.2) is 0 Å². The van der Waals surface area contributed by atoms with Crippen molar-refractivity contribution in [2.75, 3.05) is 6.61 Å². The zero-order chi connectivity index (χ0) is 16.3. The molecule has 0 bridgehead atoms. The molecule has 23 heavy (non-hydrogen) atoms. The summed E-state index contributed by atoms with van der Waals surface area (Å²) in [4.78, 5) is 0. The first-order valence-corrected chi connectivity index (χ1v) is 10.2. The van der Waals surface area contributed by atoms with E-state index < -0.39 is 0 Å². The number of ether oxygens (including phenoxy) is 1. The summed E-state index contributed by atoms with van der Waals surface area (Å²) in [6, 6.07) is 0. The Hall–Kier alpha value is -0.560. The van der Waals surface area contributed by atoms with Gasteiger partial charge in [-0.2, -0.15) is 0 Å². The molecule has 2 fully saturated rings. The summed E-state index contributed by atoms with van der Waals surface area (Å²) < 4.78 is 6.00. The normalized spacial score (nSPS) is 32.8. The van der Waals surface area contributed by atoms with Gasteiger partial charge in [-0.15, -0.1) is 0 Å². The maximum absolute atomic E-state index is 6.00. The van der Waals surface area contributed by atoms with Crippen LogP contribution in [0.1, 0.15) is 84.5 Å². The van der Waals surface area contributed by atoms with Gasteiger partial charge in [-0.05, 0) is 82.5 Å². The summed E-state index contributed by atoms with van der Waals surface area (Å²) in [5.74, 6) is 3.03. The summed E-state index contributed by atoms with van der Waals surface area (Å²) in [6.45, 7) is 5.13. The van der Waals surface area contributed by atoms with Crippen LogP contribution < -0.4 is 0 Å². The van der Waals surface area contributed by atoms with Crippen molar-refractivity contribution in [1.82, 2.24) is 0 Å². The van der Waals surface area contributed by atoms with Gasteiger partial charge in [0.25, 0.3) is 0 Å². The van der Waals surface area contributed by atoms with E-state index in [1.54, 1.807) is 0 Å². The highest BCUT2D eigenvalue weighted by Crippen LogP contribution is 2.41. The van der Waals surface area contributed by atoms with Crippen molar-refractivity contribution in [3.8, 4) is 0 Å². The molecular weight excluding hydrogens is 280 g/mol. The summed E-state index contributed by atoms with van der Waals surface area (Å²) in [6.07, 6.45) is 24.7. The monoisotopic (exact) mass is 318 g/mol. The summed E-state index contributed by atoms with van der Waals surface area (Å²) in [7, 11) is 0. The largest absolute Gasteiger partial charge is 0.374 e. The zero-order valence-corrected chi connectivity index (χ0v) is 15.5. The molecule has 0 aromatic heterocycles. The molecule has 0 aromatic rings. The molecule has 0 radical (unpaired) electrons. The number of rotatable bonds is 8. The molecule has 0 aliphatic heterocycles. The Balaban J connectivity index is 1.60. The second-order valence-corrected chi connectivity index (χ2v) is 7.68. The molecule has 0 aromatic carbocycles. The topological polar surface area (TPSA) is 9.23 Å². The van der Waals surface area contributed by atoms with Crippen molar-refractivity contribution in [1.29, 1.82) is 0 Å². The maximum Gasteiger partial charge on any atom is 0.0651 e. The van der Waals surface area contributed by atoms with Crippen molar-refractivity contribution in [3.05, 3.63) is 24.3 Å². The lowest BCUT2D eigenvalue weighted by Gasteiger charge is -2.37. The first-order chi connectivity index (χ1) is 11.3. The Morgan fingerprint density at radius 2 is 1.48 bits per heavy atom. The third-order valence-corrected chi connectivity index (χ3v) is 6.08. The predicted molar refractivity (Wildman–Crippen MR) is 101 cm³/mol. The van der Waals surface area contributed by atoms with Crippen molar-refractivity contribution < 1.29 is 4.74 Å². The van der Waals surface area contributed by atoms with E-state index in [-0.39, 0.29) is 0 Å². The minimum atomic E-state index is 0.532. The van der Waals surface area contributed by atoms with E-state index in [1.165, 1.54) is 64.2 Å². The highest BCUT2D eigenvalue weighted by molar-refractivity contribution is 4.85. The van der Waals surface area contributed by atoms with Crippen LogP contribution in [0.3, 0.4) is 0 Å². The second-order valence-electron chi connectivity index (χ2n) is 7.68. The van der Waals surface area contributed by atoms with Gasteiger partial charge in [-0.1, -0.05) is 44.1 Å². The third kappa shape index (κ3) is 6.83. The molecular formula is C22H38O. The van der Waals surface area contributed by atoms with Gasteiger partial charge in [-0.25, -0.2) is 0 Å². The smallest absolute Gasteiger partial charge is 0.0651 e. The first-order valence-electron chi connectivity index (χ1n) is 10.2. The molecule has 0 unspecified atom stereocenters. The molecule has 1 heteroatoms. The Morgan fingerprint density at radius 1 is 0.826 bits per heavy atom. The molecule has 0 spiro atoms. The van der Waals surface area contributed by atoms with E-state index in [0.29, 0.717) is 6.10 Å². The quantitative estimate of drug-likeness (QED) is 0.453. The minimum Gasteiger partial charge on any atom is -0.374 e. The van der Waals surface area contributed by atoms with Crippen LogP contribution in [0.2, 0.25) is 0 Å². The summed E-state index contributed by atoms with van der Waals surface area (Å²) >= 11 is 0. The molecule has 0 amide bonds. The van der Waals surface area contributed by atoms with E-state index in [1.807, 2.05) is 0 Å². The van der Waals surface area contributed by atoms with Crippen LogP contribution in [0, 0.1) is 17.8 Å². The number of hydrogen-bond donors (Lipinski definition) is 0. The maximum atomic E-state index is 6.00. The molecule has 0 saturated heterocycles. The van der Waals surface area contributed by atoms with Crippen molar-refractivity contribution in [3.63, 3.8) is 0 Å². The van der Waals surface area contributed by atoms with E-state index in [4.69, 9.17) is 4.74 Å². The number of allylic oxidation sites excluding steroid dienone is 3. The molecule has 2 aliphatic carbocycles. The predicted octanol–water partition coefficient (Wildman–Crippen LogP) is 6.69. The standard InChI is InChI=1S/C22H38O/c1-3-5-7-9-19-10-12-20(13-11-19)21-14-16-22(17-15-21)23-18-8-6-4-2/h3,5-6,8,19-22H,4,7,9-18H2,1-2H3/b5-3+,8-6+/t19-,20-,21-,22-. The summed E-state index contributed by atoms with van der Waals surface area (Å²) in [5.41, 5.74) is 0. The minimum absolute atomic E-state index is 0.532. The second kappa shape index (κ2) is 11.1. The van der Waals surface area contributed by atoms with Crippen LogP contribution in [0.25, 0.3) is 0 Å². The van der Waals surface area contributed by atoms with E-state index in [2.05, 4.69) is 38.2 Å². The van der Waals surface area contributed by atoms with Gasteiger partial charge < -0.3 is 4.74 Å². The van der Waals surface area contributed by atoms with Gasteiger partial charge in [0, 0.05) is 0 Å². The van der Waals surface area contributed by atoms with Gasteiger partial charge in [0.2, 0.25) is 0 Å². The highest BCUT2D eigenvalue weighted by Gasteiger charge is 2.30. The molecule has 1 nitrogen and oxygen atoms in total. The highest BCUT2D eigenvalue weighted by atomic mass is 16.5. The van der Waals surface area contributed by atoms with Crippen LogP contribution in [0.4, 0.5) is 0 Å². The van der Waals surface area contributed by atoms with Gasteiger partial charge in [0.1, 0.15) is 0 Å². The molecule has 2 saturated carbocycles. The SMILES string of the molecule is C/C=C/CC[C@H]1CC[C@H]([C@H]2CC[C@H](OC/C=C/CC)CC2)CC1. The van der Waals surface area contributed by atoms with Crippen LogP contribution >= 0.6 is 0 Å². The zero-order valence-electron chi connectivity index (χ0n) is 15.5. The van der Waals surface area contributed by atoms with E-state index >= 15 is 0 Å². The van der Waals surface area contributed by atoms with Crippen LogP contribution in [0.5, 0.6) is 0 Å². The van der Waals surface area contributed by atoms with Gasteiger partial charge in [-0.3, -0.25) is 0 Å². The van der Waals surface area contributed by atoms with Gasteiger partial charge >= 0.3 is 0 Å². The molecule has 0 atom stereocenters. The third-order valence-electron chi connectivity index (χ3n) is 6.08. The average molecular weight is 319 g/mol. The fourth-order valence-corrected chi connectivity index (χ4v) is 4.60. The van der Waals surface area contributed by atoms with Crippen LogP contribution in [-0.4, -0.2) is 12.7 Å². The van der Waals surface area contributed by atoms with Crippen molar-refractivity contribution >= 4 is 0 Å². The molecule has 0 N–H and O–H groups in total. The van der Waals surface area contributed by atoms with Crippen molar-refractivity contribution in [2.45, 2.75) is 90.6 Å². The first kappa shape index (κ1) is 18.8. The van der Waals surface area contributed by atoms with Crippen LogP contribution in [-0.2, 0) is 4.74 Å². The van der Waals surface area contributed by atoms with E-state index in [9.17, 15) is 0 Å². The Morgan fingerprint density at radius 3 is 2.09 bits per heavy atom. The molecule has 132 valence electrons. The lowest BCUT2D eigenvalue weighted by atomic mass is 9.70. The number of hydrogen-bond acceptors (Lipinski definition) is 1. The summed E-state index contributed by atoms with van der Waals surface area (Å²) in [5, 5.41) is 0. The Kier molecular flexibility index (Phi) is 9.04. The molecule has 0 heterocycles. The van der Waals surface area contributed by atoms with E-state index in [0.717, 1.165) is 30.8 Å². The van der Waals surface area contributed by atoms with Crippen molar-refractivity contribution in [2.24, 2.45) is 17.8 Å². The average Bonchev–Trinajstić information content (AvgIpc) is 2.60. The lowest BCUT2D eigenvalue weighted by Crippen LogP contribution is -2.28. The fourth-order valence-electron chi connectivity index (χ4n) is 4.60. The van der Waals surface area contributed by atoms with Crippen LogP contribution in [0.15, 0.2) is 24.3 Å². The Labute approximate surface area is 144 Å². The fraction of sp³-hybridized carbons (Fsp3) is 0.818. The molecule has 2 aliphatic rings. The van der Waals surface area contributed by atoms with Gasteiger partial charge in [0.05, 0.1) is 12.7 Å². The Bertz CT molecular complexity index is 341. The molecule has 2 rings (SSSR count).